The van der Waals surface area contributed by atoms with Crippen LogP contribution in [0, 0.1) is 13.8 Å². The van der Waals surface area contributed by atoms with Crippen LogP contribution in [-0.4, -0.2) is 11.7 Å². The summed E-state index contributed by atoms with van der Waals surface area (Å²) in [4.78, 5) is 13.3. The Balaban J connectivity index is 1.64. The van der Waals surface area contributed by atoms with Gasteiger partial charge in [0.15, 0.2) is 0 Å². The van der Waals surface area contributed by atoms with Crippen molar-refractivity contribution < 1.29 is 4.79 Å². The Hall–Kier alpha value is -2.26. The Bertz CT molecular complexity index is 857. The number of aryl methyl sites for hydroxylation is 2. The van der Waals surface area contributed by atoms with Gasteiger partial charge in [-0.25, -0.2) is 0 Å². The zero-order chi connectivity index (χ0) is 16.2. The number of hydrogen-bond donors (Lipinski definition) is 1. The molecule has 0 aliphatic heterocycles. The normalized spacial score (nSPS) is 10.7. The molecule has 116 valence electrons. The second-order valence-electron chi connectivity index (χ2n) is 5.66. The van der Waals surface area contributed by atoms with Gasteiger partial charge in [0.2, 0.25) is 5.91 Å². The number of amides is 1. The van der Waals surface area contributed by atoms with Gasteiger partial charge in [-0.15, -0.1) is 11.8 Å². The van der Waals surface area contributed by atoms with Crippen LogP contribution in [0.4, 0.5) is 5.69 Å². The molecule has 0 bridgehead atoms. The third-order valence-electron chi connectivity index (χ3n) is 3.76. The summed E-state index contributed by atoms with van der Waals surface area (Å²) in [5, 5.41) is 5.42. The van der Waals surface area contributed by atoms with E-state index in [1.807, 2.05) is 38.1 Å². The lowest BCUT2D eigenvalue weighted by atomic mass is 10.1. The van der Waals surface area contributed by atoms with E-state index in [1.54, 1.807) is 11.8 Å². The molecule has 0 aromatic heterocycles. The maximum absolute atomic E-state index is 12.2. The first-order valence-electron chi connectivity index (χ1n) is 7.60. The highest BCUT2D eigenvalue weighted by atomic mass is 32.2. The number of thioether (sulfide) groups is 1. The highest BCUT2D eigenvalue weighted by molar-refractivity contribution is 8.00. The fourth-order valence-electron chi connectivity index (χ4n) is 2.46. The summed E-state index contributed by atoms with van der Waals surface area (Å²) in [6, 6.07) is 20.6. The first kappa shape index (κ1) is 15.6. The van der Waals surface area contributed by atoms with Crippen molar-refractivity contribution in [2.24, 2.45) is 0 Å². The van der Waals surface area contributed by atoms with Crippen molar-refractivity contribution in [1.82, 2.24) is 0 Å². The smallest absolute Gasteiger partial charge is 0.234 e. The molecule has 23 heavy (non-hydrogen) atoms. The summed E-state index contributed by atoms with van der Waals surface area (Å²) in [6.07, 6.45) is 0. The molecule has 0 saturated heterocycles. The van der Waals surface area contributed by atoms with Crippen LogP contribution in [0.5, 0.6) is 0 Å². The molecule has 0 atom stereocenters. The molecule has 1 N–H and O–H groups in total. The average molecular weight is 321 g/mol. The fourth-order valence-corrected chi connectivity index (χ4v) is 3.21. The van der Waals surface area contributed by atoms with Gasteiger partial charge in [0.1, 0.15) is 0 Å². The highest BCUT2D eigenvalue weighted by Gasteiger charge is 2.06. The molecule has 0 fully saturated rings. The zero-order valence-electron chi connectivity index (χ0n) is 13.3. The molecule has 1 amide bonds. The van der Waals surface area contributed by atoms with Crippen molar-refractivity contribution >= 4 is 34.1 Å². The number of fused-ring (bicyclic) bond motifs is 1. The van der Waals surface area contributed by atoms with Crippen LogP contribution >= 0.6 is 11.8 Å². The maximum Gasteiger partial charge on any atom is 0.234 e. The van der Waals surface area contributed by atoms with E-state index >= 15 is 0 Å². The Labute approximate surface area is 140 Å². The SMILES string of the molecule is Cc1ccc(C)c(NC(=O)CSc2ccc3ccccc3c2)c1. The van der Waals surface area contributed by atoms with Gasteiger partial charge in [-0.3, -0.25) is 4.79 Å². The van der Waals surface area contributed by atoms with Gasteiger partial charge in [0.25, 0.3) is 0 Å². The van der Waals surface area contributed by atoms with E-state index in [0.29, 0.717) is 5.75 Å². The van der Waals surface area contributed by atoms with Crippen LogP contribution in [0.25, 0.3) is 10.8 Å². The number of hydrogen-bond acceptors (Lipinski definition) is 2. The Morgan fingerprint density at radius 2 is 1.74 bits per heavy atom. The topological polar surface area (TPSA) is 29.1 Å². The van der Waals surface area contributed by atoms with E-state index in [0.717, 1.165) is 21.7 Å². The predicted molar refractivity (Wildman–Crippen MR) is 99.2 cm³/mol. The lowest BCUT2D eigenvalue weighted by Crippen LogP contribution is -2.14. The molecule has 0 saturated carbocycles. The molecule has 0 spiro atoms. The van der Waals surface area contributed by atoms with Crippen molar-refractivity contribution in [3.8, 4) is 0 Å². The Morgan fingerprint density at radius 3 is 2.57 bits per heavy atom. The lowest BCUT2D eigenvalue weighted by molar-refractivity contribution is -0.113. The number of carbonyl (C=O) groups excluding carboxylic acids is 1. The number of anilines is 1. The highest BCUT2D eigenvalue weighted by Crippen LogP contribution is 2.24. The number of nitrogens with one attached hydrogen (secondary N) is 1. The zero-order valence-corrected chi connectivity index (χ0v) is 14.1. The molecule has 0 unspecified atom stereocenters. The minimum Gasteiger partial charge on any atom is -0.325 e. The number of carbonyl (C=O) groups is 1. The standard InChI is InChI=1S/C20H19NOS/c1-14-7-8-15(2)19(11-14)21-20(22)13-23-18-10-9-16-5-3-4-6-17(16)12-18/h3-12H,13H2,1-2H3,(H,21,22). The summed E-state index contributed by atoms with van der Waals surface area (Å²) >= 11 is 1.56. The molecule has 3 aromatic carbocycles. The van der Waals surface area contributed by atoms with E-state index in [4.69, 9.17) is 0 Å². The molecular weight excluding hydrogens is 302 g/mol. The van der Waals surface area contributed by atoms with Gasteiger partial charge < -0.3 is 5.32 Å². The van der Waals surface area contributed by atoms with Crippen molar-refractivity contribution in [2.75, 3.05) is 11.1 Å². The van der Waals surface area contributed by atoms with Crippen LogP contribution in [0.3, 0.4) is 0 Å². The minimum absolute atomic E-state index is 0.0249. The van der Waals surface area contributed by atoms with Crippen LogP contribution in [-0.2, 0) is 4.79 Å². The van der Waals surface area contributed by atoms with Gasteiger partial charge in [-0.1, -0.05) is 42.5 Å². The predicted octanol–water partition coefficient (Wildman–Crippen LogP) is 5.19. The minimum atomic E-state index is 0.0249. The van der Waals surface area contributed by atoms with Gasteiger partial charge in [0.05, 0.1) is 5.75 Å². The van der Waals surface area contributed by atoms with Gasteiger partial charge in [0, 0.05) is 10.6 Å². The summed E-state index contributed by atoms with van der Waals surface area (Å²) < 4.78 is 0. The molecule has 0 aliphatic carbocycles. The first-order chi connectivity index (χ1) is 11.1. The van der Waals surface area contributed by atoms with E-state index in [9.17, 15) is 4.79 Å². The van der Waals surface area contributed by atoms with E-state index < -0.39 is 0 Å². The third-order valence-corrected chi connectivity index (χ3v) is 4.75. The third kappa shape index (κ3) is 3.93. The largest absolute Gasteiger partial charge is 0.325 e. The molecule has 0 radical (unpaired) electrons. The van der Waals surface area contributed by atoms with Gasteiger partial charge in [-0.05, 0) is 53.9 Å². The Kier molecular flexibility index (Phi) is 4.68. The van der Waals surface area contributed by atoms with E-state index in [-0.39, 0.29) is 5.91 Å². The van der Waals surface area contributed by atoms with Crippen molar-refractivity contribution in [1.29, 1.82) is 0 Å². The molecule has 0 aliphatic rings. The summed E-state index contributed by atoms with van der Waals surface area (Å²) in [7, 11) is 0. The summed E-state index contributed by atoms with van der Waals surface area (Å²) in [6.45, 7) is 4.03. The van der Waals surface area contributed by atoms with Crippen LogP contribution in [0.1, 0.15) is 11.1 Å². The first-order valence-corrected chi connectivity index (χ1v) is 8.59. The van der Waals surface area contributed by atoms with Crippen LogP contribution in [0.15, 0.2) is 65.6 Å². The van der Waals surface area contributed by atoms with Crippen molar-refractivity contribution in [3.63, 3.8) is 0 Å². The van der Waals surface area contributed by atoms with Crippen LogP contribution in [0.2, 0.25) is 0 Å². The van der Waals surface area contributed by atoms with Crippen molar-refractivity contribution in [2.45, 2.75) is 18.7 Å². The quantitative estimate of drug-likeness (QED) is 0.670. The number of benzene rings is 3. The second kappa shape index (κ2) is 6.88. The molecule has 3 rings (SSSR count). The fraction of sp³-hybridized carbons (Fsp3) is 0.150. The molecule has 3 aromatic rings. The maximum atomic E-state index is 12.2. The number of rotatable bonds is 4. The lowest BCUT2D eigenvalue weighted by Gasteiger charge is -2.09. The average Bonchev–Trinajstić information content (AvgIpc) is 2.56. The summed E-state index contributed by atoms with van der Waals surface area (Å²) in [5.41, 5.74) is 3.13. The van der Waals surface area contributed by atoms with Crippen molar-refractivity contribution in [3.05, 3.63) is 71.8 Å². The monoisotopic (exact) mass is 321 g/mol. The molecule has 0 heterocycles. The molecule has 3 heteroatoms. The van der Waals surface area contributed by atoms with Gasteiger partial charge >= 0.3 is 0 Å². The van der Waals surface area contributed by atoms with E-state index in [1.165, 1.54) is 10.8 Å². The Morgan fingerprint density at radius 1 is 0.957 bits per heavy atom. The molecular formula is C20H19NOS. The van der Waals surface area contributed by atoms with Crippen LogP contribution < -0.4 is 5.32 Å². The summed E-state index contributed by atoms with van der Waals surface area (Å²) in [5.74, 6) is 0.433. The van der Waals surface area contributed by atoms with E-state index in [2.05, 4.69) is 41.7 Å². The molecule has 2 nitrogen and oxygen atoms in total. The second-order valence-corrected chi connectivity index (χ2v) is 6.71. The van der Waals surface area contributed by atoms with Gasteiger partial charge in [-0.2, -0.15) is 0 Å².